The van der Waals surface area contributed by atoms with Gasteiger partial charge in [0, 0.05) is 18.0 Å². The summed E-state index contributed by atoms with van der Waals surface area (Å²) in [5, 5.41) is 4.12. The standard InChI is InChI=1S/C10H10ClFN2S/c11-8-6-7(2-3-9(8)12)14-10-13-4-1-5-15-10/h2-3,6H,1,4-5H2,(H,13,14). The number of benzene rings is 1. The molecule has 0 amide bonds. The zero-order chi connectivity index (χ0) is 10.7. The molecule has 5 heteroatoms. The van der Waals surface area contributed by atoms with E-state index in [0.29, 0.717) is 0 Å². The molecular weight excluding hydrogens is 235 g/mol. The number of aliphatic imine (C=N–C) groups is 1. The molecule has 0 atom stereocenters. The summed E-state index contributed by atoms with van der Waals surface area (Å²) in [4.78, 5) is 4.31. The molecule has 0 bridgehead atoms. The molecule has 1 N–H and O–H groups in total. The third-order valence-electron chi connectivity index (χ3n) is 1.97. The van der Waals surface area contributed by atoms with E-state index in [4.69, 9.17) is 11.6 Å². The van der Waals surface area contributed by atoms with Crippen molar-refractivity contribution in [2.75, 3.05) is 17.6 Å². The average molecular weight is 245 g/mol. The highest BCUT2D eigenvalue weighted by molar-refractivity contribution is 8.14. The first kappa shape index (κ1) is 10.8. The predicted octanol–water partition coefficient (Wildman–Crippen LogP) is 3.38. The molecule has 0 saturated heterocycles. The molecule has 0 aliphatic carbocycles. The second-order valence-corrected chi connectivity index (χ2v) is 4.63. The highest BCUT2D eigenvalue weighted by Crippen LogP contribution is 2.21. The molecule has 0 unspecified atom stereocenters. The lowest BCUT2D eigenvalue weighted by molar-refractivity contribution is 0.628. The van der Waals surface area contributed by atoms with E-state index in [2.05, 4.69) is 10.3 Å². The SMILES string of the molecule is Fc1ccc(NC2=NCCCS2)cc1Cl. The molecule has 1 aliphatic rings. The number of hydrogen-bond acceptors (Lipinski definition) is 3. The molecule has 0 fully saturated rings. The van der Waals surface area contributed by atoms with Gasteiger partial charge in [-0.1, -0.05) is 23.4 Å². The smallest absolute Gasteiger partial charge is 0.161 e. The van der Waals surface area contributed by atoms with Crippen LogP contribution in [0.5, 0.6) is 0 Å². The van der Waals surface area contributed by atoms with Gasteiger partial charge in [0.1, 0.15) is 5.82 Å². The first-order valence-electron chi connectivity index (χ1n) is 4.65. The van der Waals surface area contributed by atoms with Crippen molar-refractivity contribution in [1.29, 1.82) is 0 Å². The van der Waals surface area contributed by atoms with Crippen LogP contribution >= 0.6 is 23.4 Å². The first-order chi connectivity index (χ1) is 7.25. The van der Waals surface area contributed by atoms with Crippen LogP contribution in [0.3, 0.4) is 0 Å². The van der Waals surface area contributed by atoms with Gasteiger partial charge in [-0.25, -0.2) is 4.39 Å². The summed E-state index contributed by atoms with van der Waals surface area (Å²) in [5.41, 5.74) is 0.773. The first-order valence-corrected chi connectivity index (χ1v) is 6.01. The quantitative estimate of drug-likeness (QED) is 0.819. The number of halogens is 2. The maximum atomic E-state index is 12.9. The normalized spacial score (nSPS) is 16.0. The Morgan fingerprint density at radius 3 is 3.00 bits per heavy atom. The molecule has 1 aliphatic heterocycles. The van der Waals surface area contributed by atoms with Crippen molar-refractivity contribution in [2.24, 2.45) is 4.99 Å². The maximum absolute atomic E-state index is 12.9. The fourth-order valence-electron chi connectivity index (χ4n) is 1.23. The Bertz CT molecular complexity index is 395. The van der Waals surface area contributed by atoms with Crippen molar-refractivity contribution in [1.82, 2.24) is 0 Å². The van der Waals surface area contributed by atoms with E-state index in [1.807, 2.05) is 0 Å². The zero-order valence-corrected chi connectivity index (χ0v) is 9.54. The van der Waals surface area contributed by atoms with Gasteiger partial charge < -0.3 is 5.32 Å². The lowest BCUT2D eigenvalue weighted by Crippen LogP contribution is -2.13. The minimum atomic E-state index is -0.402. The van der Waals surface area contributed by atoms with E-state index < -0.39 is 5.82 Å². The number of hydrogen-bond donors (Lipinski definition) is 1. The van der Waals surface area contributed by atoms with Crippen LogP contribution < -0.4 is 5.32 Å². The molecule has 2 rings (SSSR count). The molecule has 2 nitrogen and oxygen atoms in total. The minimum absolute atomic E-state index is 0.126. The Kier molecular flexibility index (Phi) is 3.49. The molecule has 1 heterocycles. The summed E-state index contributed by atoms with van der Waals surface area (Å²) >= 11 is 7.34. The van der Waals surface area contributed by atoms with Crippen LogP contribution in [0.2, 0.25) is 5.02 Å². The Hall–Kier alpha value is -0.740. The third kappa shape index (κ3) is 2.86. The van der Waals surface area contributed by atoms with Crippen molar-refractivity contribution in [3.63, 3.8) is 0 Å². The van der Waals surface area contributed by atoms with E-state index in [0.717, 1.165) is 29.6 Å². The summed E-state index contributed by atoms with van der Waals surface area (Å²) in [6, 6.07) is 4.56. The molecule has 0 spiro atoms. The van der Waals surface area contributed by atoms with Crippen molar-refractivity contribution in [3.8, 4) is 0 Å². The van der Waals surface area contributed by atoms with Crippen LogP contribution in [0, 0.1) is 5.82 Å². The maximum Gasteiger partial charge on any atom is 0.161 e. The van der Waals surface area contributed by atoms with Gasteiger partial charge in [0.05, 0.1) is 5.02 Å². The van der Waals surface area contributed by atoms with Crippen molar-refractivity contribution in [2.45, 2.75) is 6.42 Å². The third-order valence-corrected chi connectivity index (χ3v) is 3.25. The van der Waals surface area contributed by atoms with E-state index in [9.17, 15) is 4.39 Å². The van der Waals surface area contributed by atoms with E-state index in [1.165, 1.54) is 6.07 Å². The Morgan fingerprint density at radius 1 is 1.47 bits per heavy atom. The van der Waals surface area contributed by atoms with Crippen molar-refractivity contribution < 1.29 is 4.39 Å². The minimum Gasteiger partial charge on any atom is -0.335 e. The van der Waals surface area contributed by atoms with Gasteiger partial charge in [-0.15, -0.1) is 0 Å². The van der Waals surface area contributed by atoms with Gasteiger partial charge in [0.25, 0.3) is 0 Å². The van der Waals surface area contributed by atoms with Crippen molar-refractivity contribution >= 4 is 34.2 Å². The summed E-state index contributed by atoms with van der Waals surface area (Å²) in [7, 11) is 0. The molecule has 1 aromatic carbocycles. The van der Waals surface area contributed by atoms with Crippen LogP contribution in [-0.4, -0.2) is 17.5 Å². The van der Waals surface area contributed by atoms with Gasteiger partial charge in [-0.2, -0.15) is 0 Å². The Balaban J connectivity index is 2.10. The van der Waals surface area contributed by atoms with Crippen molar-refractivity contribution in [3.05, 3.63) is 29.0 Å². The summed E-state index contributed by atoms with van der Waals surface area (Å²) in [6.07, 6.45) is 1.11. The molecule has 0 radical (unpaired) electrons. The monoisotopic (exact) mass is 244 g/mol. The van der Waals surface area contributed by atoms with Crippen LogP contribution in [0.15, 0.2) is 23.2 Å². The number of nitrogens with zero attached hydrogens (tertiary/aromatic N) is 1. The highest BCUT2D eigenvalue weighted by atomic mass is 35.5. The van der Waals surface area contributed by atoms with Gasteiger partial charge in [0.15, 0.2) is 5.17 Å². The van der Waals surface area contributed by atoms with Crippen LogP contribution in [0.25, 0.3) is 0 Å². The fourth-order valence-corrected chi connectivity index (χ4v) is 2.25. The van der Waals surface area contributed by atoms with Crippen LogP contribution in [0.4, 0.5) is 10.1 Å². The highest BCUT2D eigenvalue weighted by Gasteiger charge is 2.07. The van der Waals surface area contributed by atoms with Crippen LogP contribution in [-0.2, 0) is 0 Å². The summed E-state index contributed by atoms with van der Waals surface area (Å²) in [6.45, 7) is 0.851. The fraction of sp³-hybridized carbons (Fsp3) is 0.300. The zero-order valence-electron chi connectivity index (χ0n) is 7.96. The average Bonchev–Trinajstić information content (AvgIpc) is 2.25. The summed E-state index contributed by atoms with van der Waals surface area (Å²) < 4.78 is 12.9. The van der Waals surface area contributed by atoms with Gasteiger partial charge in [0.2, 0.25) is 0 Å². The van der Waals surface area contributed by atoms with E-state index in [-0.39, 0.29) is 5.02 Å². The van der Waals surface area contributed by atoms with E-state index >= 15 is 0 Å². The lowest BCUT2D eigenvalue weighted by atomic mass is 10.3. The number of nitrogens with one attached hydrogen (secondary N) is 1. The molecule has 1 aromatic rings. The number of amidine groups is 1. The lowest BCUT2D eigenvalue weighted by Gasteiger charge is -2.13. The topological polar surface area (TPSA) is 24.4 Å². The molecular formula is C10H10ClFN2S. The predicted molar refractivity (Wildman–Crippen MR) is 64.4 cm³/mol. The van der Waals surface area contributed by atoms with Gasteiger partial charge in [-0.05, 0) is 24.6 Å². The number of thioether (sulfide) groups is 1. The second kappa shape index (κ2) is 4.86. The van der Waals surface area contributed by atoms with Gasteiger partial charge >= 0.3 is 0 Å². The molecule has 0 saturated carbocycles. The van der Waals surface area contributed by atoms with E-state index in [1.54, 1.807) is 23.9 Å². The van der Waals surface area contributed by atoms with Gasteiger partial charge in [-0.3, -0.25) is 4.99 Å². The summed E-state index contributed by atoms with van der Waals surface area (Å²) in [5.74, 6) is 0.668. The van der Waals surface area contributed by atoms with Crippen LogP contribution in [0.1, 0.15) is 6.42 Å². The number of anilines is 1. The number of rotatable bonds is 1. The molecule has 0 aromatic heterocycles. The second-order valence-electron chi connectivity index (χ2n) is 3.14. The molecule has 15 heavy (non-hydrogen) atoms. The largest absolute Gasteiger partial charge is 0.335 e. The molecule has 80 valence electrons. The Morgan fingerprint density at radius 2 is 2.33 bits per heavy atom. The Labute approximate surface area is 96.9 Å².